The quantitative estimate of drug-likeness (QED) is 0.549. The molecule has 1 fully saturated rings. The molecule has 1 saturated heterocycles. The van der Waals surface area contributed by atoms with Crippen molar-refractivity contribution in [2.24, 2.45) is 0 Å². The summed E-state index contributed by atoms with van der Waals surface area (Å²) < 4.78 is 26.3. The van der Waals surface area contributed by atoms with Gasteiger partial charge in [-0.3, -0.25) is 18.6 Å². The minimum atomic E-state index is -0.821. The first-order valence-electron chi connectivity index (χ1n) is 10.8. The standard InChI is InChI=1S/C21H33FN6O2S/c1-6-18-9-19(20(7-2)30-18)24-21(29)25-31-28(13-16-8-15(22)11-26(16)5)17-10-23-27(12-17)14(3)4/h9-10,12,14-16H,6-8,11,13H2,1-5H3,(H2,24,25,29)/t15?,16-/m0/s1. The number of aromatic nitrogens is 2. The number of anilines is 2. The van der Waals surface area contributed by atoms with E-state index in [2.05, 4.69) is 29.0 Å². The van der Waals surface area contributed by atoms with E-state index < -0.39 is 6.17 Å². The average molecular weight is 453 g/mol. The molecule has 1 unspecified atom stereocenters. The number of hydrogen-bond acceptors (Lipinski definition) is 6. The lowest BCUT2D eigenvalue weighted by Gasteiger charge is -2.27. The molecule has 31 heavy (non-hydrogen) atoms. The maximum absolute atomic E-state index is 13.9. The highest BCUT2D eigenvalue weighted by molar-refractivity contribution is 7.99. The van der Waals surface area contributed by atoms with Gasteiger partial charge in [-0.25, -0.2) is 9.18 Å². The molecular weight excluding hydrogens is 419 g/mol. The molecular formula is C21H33FN6O2S. The third kappa shape index (κ3) is 5.94. The fraction of sp³-hybridized carbons (Fsp3) is 0.619. The predicted molar refractivity (Wildman–Crippen MR) is 123 cm³/mol. The number of amides is 2. The van der Waals surface area contributed by atoms with Gasteiger partial charge in [0.05, 0.1) is 29.7 Å². The van der Waals surface area contributed by atoms with Crippen molar-refractivity contribution in [2.75, 3.05) is 29.8 Å². The summed E-state index contributed by atoms with van der Waals surface area (Å²) in [6.45, 7) is 9.11. The van der Waals surface area contributed by atoms with E-state index in [1.54, 1.807) is 6.20 Å². The zero-order chi connectivity index (χ0) is 22.5. The van der Waals surface area contributed by atoms with Gasteiger partial charge in [0.1, 0.15) is 17.7 Å². The monoisotopic (exact) mass is 452 g/mol. The van der Waals surface area contributed by atoms with Gasteiger partial charge in [-0.15, -0.1) is 0 Å². The lowest BCUT2D eigenvalue weighted by atomic mass is 10.2. The third-order valence-corrected chi connectivity index (χ3v) is 6.30. The Balaban J connectivity index is 1.67. The summed E-state index contributed by atoms with van der Waals surface area (Å²) in [6.07, 6.45) is 4.83. The van der Waals surface area contributed by atoms with E-state index >= 15 is 0 Å². The van der Waals surface area contributed by atoms with Crippen molar-refractivity contribution in [3.8, 4) is 0 Å². The molecule has 1 aliphatic heterocycles. The largest absolute Gasteiger partial charge is 0.464 e. The molecule has 2 N–H and O–H groups in total. The number of carbonyl (C=O) groups is 1. The summed E-state index contributed by atoms with van der Waals surface area (Å²) in [6, 6.07) is 1.81. The van der Waals surface area contributed by atoms with Crippen molar-refractivity contribution in [2.45, 2.75) is 65.2 Å². The summed E-state index contributed by atoms with van der Waals surface area (Å²) in [7, 11) is 1.93. The number of nitrogens with one attached hydrogen (secondary N) is 2. The van der Waals surface area contributed by atoms with Gasteiger partial charge in [-0.2, -0.15) is 5.10 Å². The number of rotatable bonds is 9. The summed E-state index contributed by atoms with van der Waals surface area (Å²) in [5, 5.41) is 7.28. The van der Waals surface area contributed by atoms with Gasteiger partial charge in [-0.1, -0.05) is 13.8 Å². The third-order valence-electron chi connectivity index (χ3n) is 5.45. The van der Waals surface area contributed by atoms with Crippen LogP contribution >= 0.6 is 12.1 Å². The fourth-order valence-corrected chi connectivity index (χ4v) is 4.31. The van der Waals surface area contributed by atoms with E-state index in [4.69, 9.17) is 4.42 Å². The number of nitrogens with zero attached hydrogens (tertiary/aromatic N) is 4. The molecule has 10 heteroatoms. The molecule has 0 saturated carbocycles. The van der Waals surface area contributed by atoms with E-state index in [1.165, 1.54) is 12.1 Å². The lowest BCUT2D eigenvalue weighted by molar-refractivity contribution is 0.257. The van der Waals surface area contributed by atoms with Crippen molar-refractivity contribution in [3.63, 3.8) is 0 Å². The van der Waals surface area contributed by atoms with Crippen molar-refractivity contribution >= 4 is 29.5 Å². The maximum Gasteiger partial charge on any atom is 0.330 e. The van der Waals surface area contributed by atoms with E-state index in [-0.39, 0.29) is 18.1 Å². The highest BCUT2D eigenvalue weighted by Crippen LogP contribution is 2.27. The van der Waals surface area contributed by atoms with Crippen LogP contribution in [0.2, 0.25) is 0 Å². The summed E-state index contributed by atoms with van der Waals surface area (Å²) >= 11 is 1.18. The number of aryl methyl sites for hydroxylation is 2. The molecule has 2 amide bonds. The number of halogens is 1. The first-order valence-corrected chi connectivity index (χ1v) is 11.6. The van der Waals surface area contributed by atoms with Crippen LogP contribution in [-0.4, -0.2) is 53.1 Å². The van der Waals surface area contributed by atoms with Crippen LogP contribution in [0.5, 0.6) is 0 Å². The molecule has 2 aromatic rings. The van der Waals surface area contributed by atoms with Gasteiger partial charge >= 0.3 is 6.03 Å². The topological polar surface area (TPSA) is 78.6 Å². The maximum atomic E-state index is 13.9. The fourth-order valence-electron chi connectivity index (χ4n) is 3.62. The first kappa shape index (κ1) is 23.5. The Bertz CT molecular complexity index is 870. The van der Waals surface area contributed by atoms with Crippen LogP contribution in [0.1, 0.15) is 51.7 Å². The molecule has 3 rings (SSSR count). The summed E-state index contributed by atoms with van der Waals surface area (Å²) in [4.78, 5) is 14.6. The van der Waals surface area contributed by atoms with Crippen LogP contribution in [0.15, 0.2) is 22.9 Å². The van der Waals surface area contributed by atoms with Crippen molar-refractivity contribution in [3.05, 3.63) is 30.0 Å². The Morgan fingerprint density at radius 3 is 2.77 bits per heavy atom. The van der Waals surface area contributed by atoms with Crippen molar-refractivity contribution in [1.29, 1.82) is 0 Å². The van der Waals surface area contributed by atoms with Crippen LogP contribution in [-0.2, 0) is 12.8 Å². The molecule has 3 heterocycles. The van der Waals surface area contributed by atoms with Crippen LogP contribution in [0.4, 0.5) is 20.6 Å². The summed E-state index contributed by atoms with van der Waals surface area (Å²) in [5.41, 5.74) is 1.55. The number of carbonyl (C=O) groups excluding carboxylic acids is 1. The number of alkyl halides is 1. The molecule has 2 aromatic heterocycles. The molecule has 0 radical (unpaired) electrons. The van der Waals surface area contributed by atoms with Crippen molar-refractivity contribution in [1.82, 2.24) is 19.4 Å². The highest BCUT2D eigenvalue weighted by atomic mass is 32.2. The van der Waals surface area contributed by atoms with Gasteiger partial charge in [-0.05, 0) is 27.3 Å². The number of likely N-dealkylation sites (tertiary alicyclic amines) is 1. The van der Waals surface area contributed by atoms with E-state index in [1.807, 2.05) is 47.0 Å². The minimum Gasteiger partial charge on any atom is -0.464 e. The Morgan fingerprint density at radius 1 is 1.42 bits per heavy atom. The van der Waals surface area contributed by atoms with Gasteiger partial charge in [0, 0.05) is 50.3 Å². The molecule has 2 atom stereocenters. The predicted octanol–water partition coefficient (Wildman–Crippen LogP) is 4.42. The normalized spacial score (nSPS) is 19.2. The SMILES string of the molecule is CCc1cc(NC(=O)NSN(C[C@@H]2CC(F)CN2C)c2cnn(C(C)C)c2)c(CC)o1. The van der Waals surface area contributed by atoms with Gasteiger partial charge < -0.3 is 9.73 Å². The van der Waals surface area contributed by atoms with Crippen LogP contribution in [0.25, 0.3) is 0 Å². The Labute approximate surface area is 187 Å². The van der Waals surface area contributed by atoms with Crippen LogP contribution in [0, 0.1) is 0 Å². The lowest BCUT2D eigenvalue weighted by Crippen LogP contribution is -2.38. The molecule has 172 valence electrons. The number of furan rings is 1. The van der Waals surface area contributed by atoms with Crippen LogP contribution < -0.4 is 14.3 Å². The second-order valence-corrected chi connectivity index (χ2v) is 8.99. The molecule has 1 aliphatic rings. The molecule has 0 aromatic carbocycles. The number of likely N-dealkylation sites (N-methyl/N-ethyl adjacent to an activating group) is 1. The van der Waals surface area contributed by atoms with Crippen LogP contribution in [0.3, 0.4) is 0 Å². The van der Waals surface area contributed by atoms with E-state index in [0.717, 1.165) is 23.6 Å². The Kier molecular flexibility index (Phi) is 7.88. The second kappa shape index (κ2) is 10.4. The smallest absolute Gasteiger partial charge is 0.330 e. The number of urea groups is 1. The van der Waals surface area contributed by atoms with Gasteiger partial charge in [0.25, 0.3) is 0 Å². The molecule has 0 spiro atoms. The average Bonchev–Trinajstić information content (AvgIpc) is 3.43. The Morgan fingerprint density at radius 2 is 2.19 bits per heavy atom. The van der Waals surface area contributed by atoms with Gasteiger partial charge in [0.2, 0.25) is 0 Å². The molecule has 0 aliphatic carbocycles. The molecule has 0 bridgehead atoms. The molecule has 8 nitrogen and oxygen atoms in total. The van der Waals surface area contributed by atoms with E-state index in [9.17, 15) is 9.18 Å². The van der Waals surface area contributed by atoms with E-state index in [0.29, 0.717) is 31.6 Å². The minimum absolute atomic E-state index is 0.0578. The number of hydrogen-bond donors (Lipinski definition) is 2. The zero-order valence-electron chi connectivity index (χ0n) is 18.9. The Hall–Kier alpha value is -2.20. The first-order chi connectivity index (χ1) is 14.8. The van der Waals surface area contributed by atoms with Crippen molar-refractivity contribution < 1.29 is 13.6 Å². The highest BCUT2D eigenvalue weighted by Gasteiger charge is 2.31. The zero-order valence-corrected chi connectivity index (χ0v) is 19.7. The second-order valence-electron chi connectivity index (χ2n) is 8.16. The summed E-state index contributed by atoms with van der Waals surface area (Å²) in [5.74, 6) is 1.60. The van der Waals surface area contributed by atoms with Gasteiger partial charge in [0.15, 0.2) is 0 Å².